The first-order valence-corrected chi connectivity index (χ1v) is 9.28. The van der Waals surface area contributed by atoms with Crippen molar-refractivity contribution in [3.8, 4) is 0 Å². The van der Waals surface area contributed by atoms with E-state index in [0.717, 1.165) is 16.3 Å². The Bertz CT molecular complexity index is 836. The fourth-order valence-corrected chi connectivity index (χ4v) is 3.62. The van der Waals surface area contributed by atoms with Crippen LogP contribution < -0.4 is 10.6 Å². The molecule has 1 saturated carbocycles. The fraction of sp³-hybridized carbons (Fsp3) is 0.381. The van der Waals surface area contributed by atoms with Gasteiger partial charge in [-0.15, -0.1) is 0 Å². The summed E-state index contributed by atoms with van der Waals surface area (Å²) in [5.74, 6) is -1.50. The highest BCUT2D eigenvalue weighted by molar-refractivity contribution is 5.91. The van der Waals surface area contributed by atoms with Crippen molar-refractivity contribution in [1.82, 2.24) is 10.6 Å². The number of hydrogen-bond acceptors (Lipinski definition) is 3. The van der Waals surface area contributed by atoms with E-state index in [0.29, 0.717) is 25.7 Å². The number of amides is 2. The molecule has 0 spiro atoms. The molecule has 3 rings (SSSR count). The molecule has 2 aromatic rings. The first-order chi connectivity index (χ1) is 13.0. The summed E-state index contributed by atoms with van der Waals surface area (Å²) in [6.07, 6.45) is 2.69. The van der Waals surface area contributed by atoms with Crippen molar-refractivity contribution in [3.63, 3.8) is 0 Å². The van der Waals surface area contributed by atoms with Gasteiger partial charge in [0, 0.05) is 6.04 Å². The molecule has 0 radical (unpaired) electrons. The molecule has 6 heteroatoms. The van der Waals surface area contributed by atoms with Crippen LogP contribution in [0.25, 0.3) is 10.8 Å². The van der Waals surface area contributed by atoms with Gasteiger partial charge in [-0.3, -0.25) is 14.4 Å². The zero-order valence-electron chi connectivity index (χ0n) is 15.1. The van der Waals surface area contributed by atoms with Crippen molar-refractivity contribution in [1.29, 1.82) is 0 Å². The van der Waals surface area contributed by atoms with Crippen molar-refractivity contribution in [2.24, 2.45) is 5.92 Å². The van der Waals surface area contributed by atoms with E-state index in [1.54, 1.807) is 0 Å². The molecule has 0 aliphatic heterocycles. The predicted molar refractivity (Wildman–Crippen MR) is 102 cm³/mol. The lowest BCUT2D eigenvalue weighted by atomic mass is 9.86. The lowest BCUT2D eigenvalue weighted by molar-refractivity contribution is -0.142. The number of carboxylic acids is 1. The number of hydrogen-bond donors (Lipinski definition) is 3. The monoisotopic (exact) mass is 368 g/mol. The summed E-state index contributed by atoms with van der Waals surface area (Å²) in [5.41, 5.74) is 0.929. The minimum absolute atomic E-state index is 0.0110. The van der Waals surface area contributed by atoms with Crippen LogP contribution in [0.2, 0.25) is 0 Å². The van der Waals surface area contributed by atoms with Gasteiger partial charge in [0.2, 0.25) is 11.8 Å². The number of nitrogens with one attached hydrogen (secondary N) is 2. The molecule has 0 saturated heterocycles. The average molecular weight is 368 g/mol. The summed E-state index contributed by atoms with van der Waals surface area (Å²) in [5, 5.41) is 16.7. The molecule has 6 nitrogen and oxygen atoms in total. The molecule has 0 unspecified atom stereocenters. The van der Waals surface area contributed by atoms with Crippen molar-refractivity contribution in [3.05, 3.63) is 48.0 Å². The molecule has 1 aliphatic carbocycles. The maximum Gasteiger partial charge on any atom is 0.306 e. The van der Waals surface area contributed by atoms with Gasteiger partial charge in [0.1, 0.15) is 0 Å². The Morgan fingerprint density at radius 3 is 2.37 bits per heavy atom. The third kappa shape index (κ3) is 5.06. The average Bonchev–Trinajstić information content (AvgIpc) is 2.67. The van der Waals surface area contributed by atoms with Crippen LogP contribution in [0.3, 0.4) is 0 Å². The highest BCUT2D eigenvalue weighted by Gasteiger charge is 2.26. The van der Waals surface area contributed by atoms with E-state index in [1.165, 1.54) is 0 Å². The van der Waals surface area contributed by atoms with Gasteiger partial charge < -0.3 is 15.7 Å². The largest absolute Gasteiger partial charge is 0.481 e. The topological polar surface area (TPSA) is 95.5 Å². The SMILES string of the molecule is O=C(Cc1cccc2ccccc12)NCC(=O)NC1CCC(C(=O)O)CC1. The van der Waals surface area contributed by atoms with Crippen LogP contribution in [0.4, 0.5) is 0 Å². The van der Waals surface area contributed by atoms with E-state index in [1.807, 2.05) is 42.5 Å². The zero-order chi connectivity index (χ0) is 19.2. The van der Waals surface area contributed by atoms with E-state index in [9.17, 15) is 14.4 Å². The predicted octanol–water partition coefficient (Wildman–Crippen LogP) is 2.26. The van der Waals surface area contributed by atoms with Gasteiger partial charge >= 0.3 is 5.97 Å². The van der Waals surface area contributed by atoms with Crippen molar-refractivity contribution >= 4 is 28.6 Å². The van der Waals surface area contributed by atoms with Gasteiger partial charge in [-0.05, 0) is 42.0 Å². The number of aliphatic carboxylic acids is 1. The fourth-order valence-electron chi connectivity index (χ4n) is 3.62. The molecule has 0 heterocycles. The number of fused-ring (bicyclic) bond motifs is 1. The molecule has 2 aromatic carbocycles. The summed E-state index contributed by atoms with van der Waals surface area (Å²) >= 11 is 0. The van der Waals surface area contributed by atoms with E-state index in [-0.39, 0.29) is 36.7 Å². The second-order valence-corrected chi connectivity index (χ2v) is 7.05. The van der Waals surface area contributed by atoms with Gasteiger partial charge in [-0.2, -0.15) is 0 Å². The summed E-state index contributed by atoms with van der Waals surface area (Å²) < 4.78 is 0. The van der Waals surface area contributed by atoms with E-state index in [2.05, 4.69) is 10.6 Å². The molecule has 0 aromatic heterocycles. The Morgan fingerprint density at radius 1 is 0.926 bits per heavy atom. The molecule has 27 heavy (non-hydrogen) atoms. The van der Waals surface area contributed by atoms with Gasteiger partial charge in [0.25, 0.3) is 0 Å². The smallest absolute Gasteiger partial charge is 0.306 e. The van der Waals surface area contributed by atoms with E-state index >= 15 is 0 Å². The standard InChI is InChI=1S/C21H24N2O4/c24-19(12-16-6-3-5-14-4-1-2-7-18(14)16)22-13-20(25)23-17-10-8-15(9-11-17)21(26)27/h1-7,15,17H,8-13H2,(H,22,24)(H,23,25)(H,26,27). The number of carbonyl (C=O) groups excluding carboxylic acids is 2. The summed E-state index contributed by atoms with van der Waals surface area (Å²) in [6.45, 7) is -0.0670. The first kappa shape index (κ1) is 18.9. The molecular formula is C21H24N2O4. The van der Waals surface area contributed by atoms with Crippen molar-refractivity contribution < 1.29 is 19.5 Å². The molecule has 0 bridgehead atoms. The summed E-state index contributed by atoms with van der Waals surface area (Å²) in [7, 11) is 0. The van der Waals surface area contributed by atoms with Gasteiger partial charge in [-0.25, -0.2) is 0 Å². The van der Waals surface area contributed by atoms with Crippen LogP contribution in [0, 0.1) is 5.92 Å². The molecule has 0 atom stereocenters. The zero-order valence-corrected chi connectivity index (χ0v) is 15.1. The third-order valence-corrected chi connectivity index (χ3v) is 5.12. The second-order valence-electron chi connectivity index (χ2n) is 7.05. The third-order valence-electron chi connectivity index (χ3n) is 5.12. The minimum Gasteiger partial charge on any atom is -0.481 e. The number of rotatable bonds is 6. The van der Waals surface area contributed by atoms with Crippen molar-refractivity contribution in [2.45, 2.75) is 38.1 Å². The van der Waals surface area contributed by atoms with Gasteiger partial charge in [-0.1, -0.05) is 42.5 Å². The maximum absolute atomic E-state index is 12.2. The Morgan fingerprint density at radius 2 is 1.63 bits per heavy atom. The van der Waals surface area contributed by atoms with Crippen LogP contribution in [-0.2, 0) is 20.8 Å². The lowest BCUT2D eigenvalue weighted by Crippen LogP contribution is -2.44. The van der Waals surface area contributed by atoms with Crippen LogP contribution in [0.15, 0.2) is 42.5 Å². The van der Waals surface area contributed by atoms with Crippen molar-refractivity contribution in [2.75, 3.05) is 6.54 Å². The van der Waals surface area contributed by atoms with Gasteiger partial charge in [0.05, 0.1) is 18.9 Å². The van der Waals surface area contributed by atoms with E-state index in [4.69, 9.17) is 5.11 Å². The number of carbonyl (C=O) groups is 3. The van der Waals surface area contributed by atoms with Crippen LogP contribution in [-0.4, -0.2) is 35.5 Å². The maximum atomic E-state index is 12.2. The minimum atomic E-state index is -0.763. The van der Waals surface area contributed by atoms with Crippen LogP contribution in [0.1, 0.15) is 31.2 Å². The highest BCUT2D eigenvalue weighted by Crippen LogP contribution is 2.24. The van der Waals surface area contributed by atoms with Crippen LogP contribution in [0.5, 0.6) is 0 Å². The Labute approximate surface area is 158 Å². The lowest BCUT2D eigenvalue weighted by Gasteiger charge is -2.26. The summed E-state index contributed by atoms with van der Waals surface area (Å²) in [6, 6.07) is 13.7. The number of benzene rings is 2. The Balaban J connectivity index is 1.45. The normalized spacial score (nSPS) is 19.4. The Hall–Kier alpha value is -2.89. The molecule has 1 aliphatic rings. The quantitative estimate of drug-likeness (QED) is 0.729. The second kappa shape index (κ2) is 8.66. The molecule has 2 amide bonds. The summed E-state index contributed by atoms with van der Waals surface area (Å²) in [4.78, 5) is 35.2. The molecular weight excluding hydrogens is 344 g/mol. The van der Waals surface area contributed by atoms with E-state index < -0.39 is 5.97 Å². The first-order valence-electron chi connectivity index (χ1n) is 9.28. The van der Waals surface area contributed by atoms with Gasteiger partial charge in [0.15, 0.2) is 0 Å². The number of carboxylic acid groups (broad SMARTS) is 1. The molecule has 1 fully saturated rings. The van der Waals surface area contributed by atoms with Crippen LogP contribution >= 0.6 is 0 Å². The Kier molecular flexibility index (Phi) is 6.06. The molecule has 3 N–H and O–H groups in total. The molecule has 142 valence electrons. The highest BCUT2D eigenvalue weighted by atomic mass is 16.4.